The summed E-state index contributed by atoms with van der Waals surface area (Å²) in [6, 6.07) is 7.05. The molecule has 0 N–H and O–H groups in total. The molecule has 0 aliphatic carbocycles. The summed E-state index contributed by atoms with van der Waals surface area (Å²) < 4.78 is 32.6. The van der Waals surface area contributed by atoms with Crippen LogP contribution in [0.15, 0.2) is 35.4 Å². The van der Waals surface area contributed by atoms with Gasteiger partial charge >= 0.3 is 6.09 Å². The second-order valence-electron chi connectivity index (χ2n) is 7.13. The highest BCUT2D eigenvalue weighted by Crippen LogP contribution is 2.34. The number of pyridine rings is 1. The largest absolute Gasteiger partial charge is 0.444 e. The lowest BCUT2D eigenvalue weighted by Crippen LogP contribution is -2.50. The quantitative estimate of drug-likeness (QED) is 0.653. The predicted molar refractivity (Wildman–Crippen MR) is 110 cm³/mol. The first-order valence-electron chi connectivity index (χ1n) is 9.14. The molecule has 10 heteroatoms. The van der Waals surface area contributed by atoms with Crippen molar-refractivity contribution in [2.24, 2.45) is 0 Å². The Kier molecular flexibility index (Phi) is 5.46. The molecule has 3 heterocycles. The van der Waals surface area contributed by atoms with Crippen LogP contribution in [0.1, 0.15) is 24.0 Å². The monoisotopic (exact) mass is 455 g/mol. The minimum Gasteiger partial charge on any atom is -0.444 e. The molecular weight excluding hydrogens is 437 g/mol. The van der Waals surface area contributed by atoms with Gasteiger partial charge in [-0.25, -0.2) is 18.2 Å². The summed E-state index contributed by atoms with van der Waals surface area (Å²) in [4.78, 5) is 17.9. The minimum atomic E-state index is -3.80. The fraction of sp³-hybridized carbons (Fsp3) is 0.368. The highest BCUT2D eigenvalue weighted by molar-refractivity contribution is 7.89. The average molecular weight is 456 g/mol. The molecule has 1 saturated heterocycles. The predicted octanol–water partition coefficient (Wildman–Crippen LogP) is 4.01. The van der Waals surface area contributed by atoms with Gasteiger partial charge in [-0.2, -0.15) is 4.31 Å². The van der Waals surface area contributed by atoms with Crippen molar-refractivity contribution in [2.45, 2.75) is 37.3 Å². The molecule has 7 nitrogen and oxygen atoms in total. The third-order valence-electron chi connectivity index (χ3n) is 5.24. The Labute approximate surface area is 179 Å². The van der Waals surface area contributed by atoms with Crippen LogP contribution in [-0.2, 0) is 21.4 Å². The smallest absolute Gasteiger partial charge is 0.414 e. The molecule has 0 spiro atoms. The van der Waals surface area contributed by atoms with E-state index in [1.54, 1.807) is 4.90 Å². The van der Waals surface area contributed by atoms with Crippen molar-refractivity contribution >= 4 is 45.0 Å². The number of nitrogens with zero attached hydrogens (tertiary/aromatic N) is 3. The van der Waals surface area contributed by atoms with Gasteiger partial charge < -0.3 is 4.74 Å². The third kappa shape index (κ3) is 3.82. The van der Waals surface area contributed by atoms with E-state index in [0.717, 1.165) is 16.8 Å². The number of hydrogen-bond donors (Lipinski definition) is 0. The van der Waals surface area contributed by atoms with E-state index < -0.39 is 16.1 Å². The zero-order chi connectivity index (χ0) is 20.8. The molecule has 0 unspecified atom stereocenters. The van der Waals surface area contributed by atoms with Crippen LogP contribution < -0.4 is 4.90 Å². The molecule has 2 aliphatic rings. The number of rotatable bonds is 3. The van der Waals surface area contributed by atoms with Crippen molar-refractivity contribution in [1.82, 2.24) is 9.29 Å². The van der Waals surface area contributed by atoms with E-state index >= 15 is 0 Å². The second kappa shape index (κ2) is 7.75. The normalized spacial score (nSPS) is 18.4. The fourth-order valence-corrected chi connectivity index (χ4v) is 5.90. The van der Waals surface area contributed by atoms with Crippen molar-refractivity contribution in [2.75, 3.05) is 18.0 Å². The average Bonchev–Trinajstić information content (AvgIpc) is 2.68. The van der Waals surface area contributed by atoms with Crippen molar-refractivity contribution < 1.29 is 17.9 Å². The molecule has 154 valence electrons. The number of aromatic nitrogens is 1. The van der Waals surface area contributed by atoms with Crippen molar-refractivity contribution in [3.63, 3.8) is 0 Å². The highest BCUT2D eigenvalue weighted by Gasteiger charge is 2.37. The van der Waals surface area contributed by atoms with E-state index in [0.29, 0.717) is 12.8 Å². The summed E-state index contributed by atoms with van der Waals surface area (Å²) in [6.07, 6.45) is 1.75. The molecule has 2 aliphatic heterocycles. The first kappa shape index (κ1) is 20.4. The number of hydrogen-bond acceptors (Lipinski definition) is 5. The Hall–Kier alpha value is -1.87. The Morgan fingerprint density at radius 2 is 1.90 bits per heavy atom. The van der Waals surface area contributed by atoms with Crippen molar-refractivity contribution in [3.8, 4) is 0 Å². The summed E-state index contributed by atoms with van der Waals surface area (Å²) >= 11 is 11.8. The number of carbonyl (C=O) groups is 1. The van der Waals surface area contributed by atoms with Crippen LogP contribution in [0.4, 0.5) is 10.5 Å². The Morgan fingerprint density at radius 3 is 2.59 bits per heavy atom. The molecule has 4 rings (SSSR count). The lowest BCUT2D eigenvalue weighted by atomic mass is 10.0. The van der Waals surface area contributed by atoms with E-state index in [4.69, 9.17) is 27.9 Å². The molecule has 0 bridgehead atoms. The van der Waals surface area contributed by atoms with Gasteiger partial charge in [0.05, 0.1) is 16.9 Å². The molecule has 0 atom stereocenters. The summed E-state index contributed by atoms with van der Waals surface area (Å²) in [5, 5.41) is 0.168. The molecule has 1 aromatic carbocycles. The van der Waals surface area contributed by atoms with Crippen molar-refractivity contribution in [1.29, 1.82) is 0 Å². The number of sulfonamides is 1. The lowest BCUT2D eigenvalue weighted by Gasteiger charge is -2.39. The molecule has 1 amide bonds. The molecule has 29 heavy (non-hydrogen) atoms. The van der Waals surface area contributed by atoms with Gasteiger partial charge in [0.1, 0.15) is 16.7 Å². The van der Waals surface area contributed by atoms with E-state index in [-0.39, 0.29) is 40.8 Å². The molecule has 2 aromatic rings. The standard InChI is InChI=1S/C19H19Cl2N3O4S/c1-12-2-3-16-13(8-12)11-28-19(25)24(16)14-4-6-23(7-5-14)29(26,27)17-10-22-18(21)9-15(17)20/h2-3,8-10,14H,4-7,11H2,1H3. The number of halogens is 2. The van der Waals surface area contributed by atoms with Gasteiger partial charge in [-0.3, -0.25) is 4.90 Å². The van der Waals surface area contributed by atoms with Gasteiger partial charge in [0, 0.05) is 24.7 Å². The topological polar surface area (TPSA) is 79.8 Å². The van der Waals surface area contributed by atoms with Crippen LogP contribution in [0, 0.1) is 6.92 Å². The van der Waals surface area contributed by atoms with Gasteiger partial charge in [0.2, 0.25) is 10.0 Å². The maximum Gasteiger partial charge on any atom is 0.414 e. The Morgan fingerprint density at radius 1 is 1.17 bits per heavy atom. The van der Waals surface area contributed by atoms with Crippen LogP contribution in [0.2, 0.25) is 10.2 Å². The zero-order valence-corrected chi connectivity index (χ0v) is 18.0. The number of ether oxygens (including phenoxy) is 1. The first-order valence-corrected chi connectivity index (χ1v) is 11.3. The van der Waals surface area contributed by atoms with Gasteiger partial charge in [-0.05, 0) is 31.9 Å². The second-order valence-corrected chi connectivity index (χ2v) is 9.83. The number of amides is 1. The lowest BCUT2D eigenvalue weighted by molar-refractivity contribution is 0.135. The third-order valence-corrected chi connectivity index (χ3v) is 7.79. The number of piperidine rings is 1. The Bertz CT molecular complexity index is 1070. The first-order chi connectivity index (χ1) is 13.8. The summed E-state index contributed by atoms with van der Waals surface area (Å²) in [7, 11) is -3.80. The van der Waals surface area contributed by atoms with E-state index in [2.05, 4.69) is 4.98 Å². The zero-order valence-electron chi connectivity index (χ0n) is 15.6. The maximum atomic E-state index is 13.0. The van der Waals surface area contributed by atoms with Crippen LogP contribution in [0.25, 0.3) is 0 Å². The van der Waals surface area contributed by atoms with Crippen molar-refractivity contribution in [3.05, 3.63) is 51.8 Å². The SMILES string of the molecule is Cc1ccc2c(c1)COC(=O)N2C1CCN(S(=O)(=O)c2cnc(Cl)cc2Cl)CC1. The molecular formula is C19H19Cl2N3O4S. The van der Waals surface area contributed by atoms with E-state index in [1.165, 1.54) is 16.6 Å². The molecule has 1 aromatic heterocycles. The van der Waals surface area contributed by atoms with Crippen LogP contribution >= 0.6 is 23.2 Å². The number of fused-ring (bicyclic) bond motifs is 1. The van der Waals surface area contributed by atoms with E-state index in [9.17, 15) is 13.2 Å². The van der Waals surface area contributed by atoms with E-state index in [1.807, 2.05) is 25.1 Å². The number of cyclic esters (lactones) is 1. The summed E-state index contributed by atoms with van der Waals surface area (Å²) in [5.74, 6) is 0. The van der Waals surface area contributed by atoms with Crippen LogP contribution in [0.3, 0.4) is 0 Å². The van der Waals surface area contributed by atoms with Gasteiger partial charge in [-0.15, -0.1) is 0 Å². The van der Waals surface area contributed by atoms with Crippen LogP contribution in [-0.4, -0.2) is 42.9 Å². The number of benzene rings is 1. The molecule has 0 saturated carbocycles. The molecule has 1 fully saturated rings. The highest BCUT2D eigenvalue weighted by atomic mass is 35.5. The number of carbonyl (C=O) groups excluding carboxylic acids is 1. The minimum absolute atomic E-state index is 0.0380. The molecule has 0 radical (unpaired) electrons. The Balaban J connectivity index is 1.53. The summed E-state index contributed by atoms with van der Waals surface area (Å²) in [5.41, 5.74) is 2.88. The summed E-state index contributed by atoms with van der Waals surface area (Å²) in [6.45, 7) is 2.76. The number of anilines is 1. The fourth-order valence-electron chi connectivity index (χ4n) is 3.78. The number of aryl methyl sites for hydroxylation is 1. The van der Waals surface area contributed by atoms with Crippen LogP contribution in [0.5, 0.6) is 0 Å². The van der Waals surface area contributed by atoms with Gasteiger partial charge in [0.15, 0.2) is 0 Å². The maximum absolute atomic E-state index is 13.0. The van der Waals surface area contributed by atoms with Gasteiger partial charge in [0.25, 0.3) is 0 Å². The van der Waals surface area contributed by atoms with Gasteiger partial charge in [-0.1, -0.05) is 40.9 Å².